The van der Waals surface area contributed by atoms with Gasteiger partial charge < -0.3 is 9.47 Å². The molecular formula is C11H12O3. The van der Waals surface area contributed by atoms with E-state index in [0.29, 0.717) is 12.2 Å². The quantitative estimate of drug-likeness (QED) is 0.530. The highest BCUT2D eigenvalue weighted by Crippen LogP contribution is 2.28. The first-order chi connectivity index (χ1) is 6.79. The Morgan fingerprint density at radius 1 is 1.57 bits per heavy atom. The Kier molecular flexibility index (Phi) is 2.39. The third-order valence-electron chi connectivity index (χ3n) is 2.18. The minimum Gasteiger partial charge on any atom is -0.493 e. The average molecular weight is 192 g/mol. The number of fused-ring (bicyclic) bond motifs is 1. The second-order valence-electron chi connectivity index (χ2n) is 3.20. The summed E-state index contributed by atoms with van der Waals surface area (Å²) in [5.41, 5.74) is 1.12. The van der Waals surface area contributed by atoms with Gasteiger partial charge in [-0.3, -0.25) is 4.79 Å². The van der Waals surface area contributed by atoms with Crippen LogP contribution in [0.5, 0.6) is 11.5 Å². The highest BCUT2D eigenvalue weighted by molar-refractivity contribution is 5.72. The number of hydrogen-bond acceptors (Lipinski definition) is 3. The van der Waals surface area contributed by atoms with Crippen LogP contribution >= 0.6 is 0 Å². The van der Waals surface area contributed by atoms with E-state index in [4.69, 9.17) is 9.47 Å². The lowest BCUT2D eigenvalue weighted by atomic mass is 10.1. The molecule has 1 aromatic rings. The molecule has 0 bridgehead atoms. The second-order valence-corrected chi connectivity index (χ2v) is 3.20. The van der Waals surface area contributed by atoms with E-state index in [9.17, 15) is 4.79 Å². The summed E-state index contributed by atoms with van der Waals surface area (Å²) in [6.45, 7) is 2.50. The van der Waals surface area contributed by atoms with Gasteiger partial charge in [0, 0.05) is 18.4 Å². The molecule has 0 spiro atoms. The molecule has 74 valence electrons. The molecule has 0 aliphatic carbocycles. The lowest BCUT2D eigenvalue weighted by Gasteiger charge is -2.04. The van der Waals surface area contributed by atoms with Crippen LogP contribution in [0.2, 0.25) is 0 Å². The molecule has 0 fully saturated rings. The number of carbonyl (C=O) groups is 1. The lowest BCUT2D eigenvalue weighted by Crippen LogP contribution is -2.05. The molecule has 0 amide bonds. The Hall–Kier alpha value is -1.51. The molecule has 1 aliphatic heterocycles. The standard InChI is InChI=1S/C11H12O3/c1-2-11(12)14-9-3-4-10-8(7-9)5-6-13-10/h3-4,7H,2,5-6H2,1H3. The van der Waals surface area contributed by atoms with Crippen molar-refractivity contribution >= 4 is 5.97 Å². The van der Waals surface area contributed by atoms with Crippen molar-refractivity contribution in [3.05, 3.63) is 23.8 Å². The van der Waals surface area contributed by atoms with Crippen LogP contribution in [0.4, 0.5) is 0 Å². The van der Waals surface area contributed by atoms with Gasteiger partial charge in [0.05, 0.1) is 6.61 Å². The lowest BCUT2D eigenvalue weighted by molar-refractivity contribution is -0.134. The number of rotatable bonds is 2. The summed E-state index contributed by atoms with van der Waals surface area (Å²) in [6, 6.07) is 5.48. The van der Waals surface area contributed by atoms with Gasteiger partial charge in [0.1, 0.15) is 11.5 Å². The van der Waals surface area contributed by atoms with E-state index in [-0.39, 0.29) is 5.97 Å². The van der Waals surface area contributed by atoms with Gasteiger partial charge in [-0.25, -0.2) is 0 Å². The fourth-order valence-corrected chi connectivity index (χ4v) is 1.43. The number of esters is 1. The van der Waals surface area contributed by atoms with Crippen molar-refractivity contribution in [1.29, 1.82) is 0 Å². The largest absolute Gasteiger partial charge is 0.493 e. The van der Waals surface area contributed by atoms with E-state index in [1.54, 1.807) is 13.0 Å². The van der Waals surface area contributed by atoms with E-state index in [1.807, 2.05) is 12.1 Å². The van der Waals surface area contributed by atoms with Crippen molar-refractivity contribution in [1.82, 2.24) is 0 Å². The predicted molar refractivity (Wildman–Crippen MR) is 51.6 cm³/mol. The summed E-state index contributed by atoms with van der Waals surface area (Å²) >= 11 is 0. The van der Waals surface area contributed by atoms with E-state index < -0.39 is 0 Å². The van der Waals surface area contributed by atoms with Gasteiger partial charge in [0.25, 0.3) is 0 Å². The van der Waals surface area contributed by atoms with Crippen LogP contribution in [0.25, 0.3) is 0 Å². The second kappa shape index (κ2) is 3.70. The van der Waals surface area contributed by atoms with Crippen molar-refractivity contribution in [3.8, 4) is 11.5 Å². The van der Waals surface area contributed by atoms with Gasteiger partial charge in [-0.2, -0.15) is 0 Å². The zero-order valence-corrected chi connectivity index (χ0v) is 8.08. The van der Waals surface area contributed by atoms with Crippen LogP contribution < -0.4 is 9.47 Å². The molecule has 14 heavy (non-hydrogen) atoms. The van der Waals surface area contributed by atoms with Crippen LogP contribution in [0, 0.1) is 0 Å². The molecule has 1 aliphatic rings. The van der Waals surface area contributed by atoms with Crippen LogP contribution in [0.3, 0.4) is 0 Å². The zero-order valence-electron chi connectivity index (χ0n) is 8.08. The summed E-state index contributed by atoms with van der Waals surface area (Å²) in [7, 11) is 0. The van der Waals surface area contributed by atoms with Crippen molar-refractivity contribution in [3.63, 3.8) is 0 Å². The average Bonchev–Trinajstić information content (AvgIpc) is 2.64. The first-order valence-corrected chi connectivity index (χ1v) is 4.76. The molecule has 1 aromatic carbocycles. The van der Waals surface area contributed by atoms with Crippen molar-refractivity contribution in [2.75, 3.05) is 6.61 Å². The monoisotopic (exact) mass is 192 g/mol. The predicted octanol–water partition coefficient (Wildman–Crippen LogP) is 1.94. The number of carbonyl (C=O) groups excluding carboxylic acids is 1. The van der Waals surface area contributed by atoms with Gasteiger partial charge in [-0.05, 0) is 18.2 Å². The first kappa shape index (κ1) is 9.06. The normalized spacial score (nSPS) is 13.2. The maximum atomic E-state index is 11.0. The summed E-state index contributed by atoms with van der Waals surface area (Å²) in [5, 5.41) is 0. The first-order valence-electron chi connectivity index (χ1n) is 4.76. The Bertz CT molecular complexity index is 358. The van der Waals surface area contributed by atoms with E-state index in [2.05, 4.69) is 0 Å². The molecule has 0 N–H and O–H groups in total. The zero-order chi connectivity index (χ0) is 9.97. The highest BCUT2D eigenvalue weighted by Gasteiger charge is 2.13. The fraction of sp³-hybridized carbons (Fsp3) is 0.364. The Labute approximate surface area is 82.6 Å². The Balaban J connectivity index is 2.16. The Morgan fingerprint density at radius 2 is 2.43 bits per heavy atom. The minimum absolute atomic E-state index is 0.205. The van der Waals surface area contributed by atoms with E-state index in [0.717, 1.165) is 24.3 Å². The molecule has 0 saturated heterocycles. The maximum Gasteiger partial charge on any atom is 0.310 e. The van der Waals surface area contributed by atoms with Crippen LogP contribution in [-0.2, 0) is 11.2 Å². The van der Waals surface area contributed by atoms with Gasteiger partial charge in [-0.1, -0.05) is 6.92 Å². The van der Waals surface area contributed by atoms with Crippen LogP contribution in [0.15, 0.2) is 18.2 Å². The summed E-state index contributed by atoms with van der Waals surface area (Å²) in [5.74, 6) is 1.31. The van der Waals surface area contributed by atoms with Gasteiger partial charge >= 0.3 is 5.97 Å². The van der Waals surface area contributed by atoms with Gasteiger partial charge in [-0.15, -0.1) is 0 Å². The molecule has 1 heterocycles. The smallest absolute Gasteiger partial charge is 0.310 e. The van der Waals surface area contributed by atoms with Crippen LogP contribution in [-0.4, -0.2) is 12.6 Å². The van der Waals surface area contributed by atoms with Gasteiger partial charge in [0.15, 0.2) is 0 Å². The molecule has 0 atom stereocenters. The van der Waals surface area contributed by atoms with Crippen molar-refractivity contribution < 1.29 is 14.3 Å². The number of hydrogen-bond donors (Lipinski definition) is 0. The summed E-state index contributed by atoms with van der Waals surface area (Å²) in [6.07, 6.45) is 1.29. The molecule has 0 unspecified atom stereocenters. The third kappa shape index (κ3) is 1.71. The topological polar surface area (TPSA) is 35.5 Å². The molecule has 3 heteroatoms. The number of ether oxygens (including phenoxy) is 2. The molecule has 0 radical (unpaired) electrons. The minimum atomic E-state index is -0.205. The van der Waals surface area contributed by atoms with E-state index in [1.165, 1.54) is 0 Å². The molecule has 2 rings (SSSR count). The van der Waals surface area contributed by atoms with Crippen LogP contribution in [0.1, 0.15) is 18.9 Å². The van der Waals surface area contributed by atoms with E-state index >= 15 is 0 Å². The van der Waals surface area contributed by atoms with Crippen molar-refractivity contribution in [2.24, 2.45) is 0 Å². The highest BCUT2D eigenvalue weighted by atomic mass is 16.5. The molecule has 3 nitrogen and oxygen atoms in total. The van der Waals surface area contributed by atoms with Gasteiger partial charge in [0.2, 0.25) is 0 Å². The summed E-state index contributed by atoms with van der Waals surface area (Å²) in [4.78, 5) is 11.0. The molecular weight excluding hydrogens is 180 g/mol. The third-order valence-corrected chi connectivity index (χ3v) is 2.18. The maximum absolute atomic E-state index is 11.0. The molecule has 0 saturated carbocycles. The number of benzene rings is 1. The summed E-state index contributed by atoms with van der Waals surface area (Å²) < 4.78 is 10.4. The molecule has 0 aromatic heterocycles. The van der Waals surface area contributed by atoms with Crippen molar-refractivity contribution in [2.45, 2.75) is 19.8 Å². The Morgan fingerprint density at radius 3 is 3.21 bits per heavy atom. The SMILES string of the molecule is CCC(=O)Oc1ccc2c(c1)CCO2. The fourth-order valence-electron chi connectivity index (χ4n) is 1.43.